The Bertz CT molecular complexity index is 1070. The molecule has 1 amide bonds. The van der Waals surface area contributed by atoms with Crippen LogP contribution >= 0.6 is 0 Å². The van der Waals surface area contributed by atoms with Crippen molar-refractivity contribution in [1.29, 1.82) is 0 Å². The van der Waals surface area contributed by atoms with Crippen molar-refractivity contribution in [2.75, 3.05) is 13.1 Å². The average Bonchev–Trinajstić information content (AvgIpc) is 2.77. The molecule has 0 saturated carbocycles. The molecule has 0 bridgehead atoms. The van der Waals surface area contributed by atoms with Crippen LogP contribution in [0.15, 0.2) is 53.4 Å². The first-order valence-electron chi connectivity index (χ1n) is 10.6. The van der Waals surface area contributed by atoms with Crippen LogP contribution in [0.3, 0.4) is 0 Å². The molecule has 3 rings (SSSR count). The highest BCUT2D eigenvalue weighted by Crippen LogP contribution is 2.27. The van der Waals surface area contributed by atoms with E-state index in [9.17, 15) is 23.3 Å². The number of rotatable bonds is 6. The Morgan fingerprint density at radius 3 is 2.12 bits per heavy atom. The third-order valence-electron chi connectivity index (χ3n) is 5.80. The van der Waals surface area contributed by atoms with E-state index in [1.54, 1.807) is 24.3 Å². The molecule has 0 aromatic heterocycles. The van der Waals surface area contributed by atoms with Gasteiger partial charge in [0.1, 0.15) is 0 Å². The monoisotopic (exact) mass is 459 g/mol. The fourth-order valence-corrected chi connectivity index (χ4v) is 5.17. The number of amides is 1. The zero-order valence-electron chi connectivity index (χ0n) is 18.6. The molecular weight excluding hydrogens is 430 g/mol. The molecule has 0 radical (unpaired) electrons. The highest BCUT2D eigenvalue weighted by atomic mass is 32.2. The molecule has 172 valence electrons. The van der Waals surface area contributed by atoms with Crippen molar-refractivity contribution in [3.05, 3.63) is 69.8 Å². The minimum absolute atomic E-state index is 0.00158. The first-order chi connectivity index (χ1) is 15.0. The van der Waals surface area contributed by atoms with E-state index in [4.69, 9.17) is 0 Å². The maximum absolute atomic E-state index is 13.0. The largest absolute Gasteiger partial charge is 0.352 e. The number of nitro benzene ring substituents is 1. The molecule has 1 aliphatic heterocycles. The van der Waals surface area contributed by atoms with Crippen LogP contribution in [0.25, 0.3) is 0 Å². The minimum Gasteiger partial charge on any atom is -0.352 e. The number of sulfonamides is 1. The van der Waals surface area contributed by atoms with Crippen LogP contribution < -0.4 is 5.32 Å². The molecule has 0 aliphatic carbocycles. The number of benzene rings is 2. The normalized spacial score (nSPS) is 16.0. The van der Waals surface area contributed by atoms with Crippen molar-refractivity contribution in [2.24, 2.45) is 5.92 Å². The Balaban J connectivity index is 1.54. The highest BCUT2D eigenvalue weighted by molar-refractivity contribution is 7.89. The van der Waals surface area contributed by atoms with E-state index in [0.29, 0.717) is 25.9 Å². The van der Waals surface area contributed by atoms with Crippen molar-refractivity contribution < 1.29 is 18.1 Å². The summed E-state index contributed by atoms with van der Waals surface area (Å²) in [5, 5.41) is 13.6. The van der Waals surface area contributed by atoms with Gasteiger partial charge in [0, 0.05) is 37.7 Å². The fourth-order valence-electron chi connectivity index (χ4n) is 3.70. The van der Waals surface area contributed by atoms with Gasteiger partial charge in [0.2, 0.25) is 15.9 Å². The lowest BCUT2D eigenvalue weighted by atomic mass is 9.87. The first kappa shape index (κ1) is 23.9. The second-order valence-electron chi connectivity index (χ2n) is 9.09. The zero-order chi connectivity index (χ0) is 23.5. The quantitative estimate of drug-likeness (QED) is 0.524. The van der Waals surface area contributed by atoms with Gasteiger partial charge in [0.05, 0.1) is 9.82 Å². The third kappa shape index (κ3) is 5.52. The van der Waals surface area contributed by atoms with Gasteiger partial charge in [-0.2, -0.15) is 4.31 Å². The van der Waals surface area contributed by atoms with Crippen LogP contribution in [-0.2, 0) is 26.8 Å². The van der Waals surface area contributed by atoms with Gasteiger partial charge in [-0.15, -0.1) is 0 Å². The van der Waals surface area contributed by atoms with Gasteiger partial charge in [0.25, 0.3) is 5.69 Å². The molecule has 9 heteroatoms. The minimum atomic E-state index is -3.59. The lowest BCUT2D eigenvalue weighted by molar-refractivity contribution is -0.384. The Kier molecular flexibility index (Phi) is 7.00. The Labute approximate surface area is 188 Å². The van der Waals surface area contributed by atoms with E-state index in [1.165, 1.54) is 16.4 Å². The smallest absolute Gasteiger partial charge is 0.269 e. The van der Waals surface area contributed by atoms with E-state index in [-0.39, 0.29) is 34.4 Å². The number of nitrogens with one attached hydrogen (secondary N) is 1. The maximum Gasteiger partial charge on any atom is 0.269 e. The topological polar surface area (TPSA) is 110 Å². The SMILES string of the molecule is CC(C)(C)c1ccc(S(=O)(=O)N2CCC(C(=O)NCc3ccc([N+](=O)[O-])cc3)CC2)cc1. The number of hydrogen-bond donors (Lipinski definition) is 1. The Hall–Kier alpha value is -2.78. The predicted octanol–water partition coefficient (Wildman–Crippen LogP) is 3.61. The number of non-ortho nitro benzene ring substituents is 1. The van der Waals surface area contributed by atoms with Crippen LogP contribution in [0.4, 0.5) is 5.69 Å². The second-order valence-corrected chi connectivity index (χ2v) is 11.0. The number of carbonyl (C=O) groups is 1. The summed E-state index contributed by atoms with van der Waals surface area (Å²) in [4.78, 5) is 23.0. The Morgan fingerprint density at radius 2 is 1.62 bits per heavy atom. The molecule has 1 saturated heterocycles. The molecule has 0 atom stereocenters. The summed E-state index contributed by atoms with van der Waals surface area (Å²) < 4.78 is 27.4. The number of piperidine rings is 1. The van der Waals surface area contributed by atoms with Gasteiger partial charge in [-0.05, 0) is 41.5 Å². The standard InChI is InChI=1S/C23H29N3O5S/c1-23(2,3)19-6-10-21(11-7-19)32(30,31)25-14-12-18(13-15-25)22(27)24-16-17-4-8-20(9-5-17)26(28)29/h4-11,18H,12-16H2,1-3H3,(H,24,27). The van der Waals surface area contributed by atoms with Gasteiger partial charge in [0.15, 0.2) is 0 Å². The Morgan fingerprint density at radius 1 is 1.06 bits per heavy atom. The molecule has 0 unspecified atom stereocenters. The van der Waals surface area contributed by atoms with Gasteiger partial charge >= 0.3 is 0 Å². The van der Waals surface area contributed by atoms with Crippen molar-refractivity contribution in [1.82, 2.24) is 9.62 Å². The number of hydrogen-bond acceptors (Lipinski definition) is 5. The van der Waals surface area contributed by atoms with E-state index in [1.807, 2.05) is 12.1 Å². The molecule has 32 heavy (non-hydrogen) atoms. The van der Waals surface area contributed by atoms with Gasteiger partial charge in [-0.25, -0.2) is 8.42 Å². The van der Waals surface area contributed by atoms with Gasteiger partial charge in [-0.1, -0.05) is 45.0 Å². The van der Waals surface area contributed by atoms with Crippen LogP contribution in [0, 0.1) is 16.0 Å². The summed E-state index contributed by atoms with van der Waals surface area (Å²) >= 11 is 0. The molecular formula is C23H29N3O5S. The van der Waals surface area contributed by atoms with Crippen molar-refractivity contribution in [2.45, 2.75) is 50.5 Å². The molecule has 1 aliphatic rings. The summed E-state index contributed by atoms with van der Waals surface area (Å²) in [6.45, 7) is 7.09. The number of nitro groups is 1. The number of carbonyl (C=O) groups excluding carboxylic acids is 1. The van der Waals surface area contributed by atoms with Crippen LogP contribution in [-0.4, -0.2) is 36.6 Å². The van der Waals surface area contributed by atoms with Gasteiger partial charge < -0.3 is 5.32 Å². The van der Waals surface area contributed by atoms with Crippen molar-refractivity contribution in [3.63, 3.8) is 0 Å². The second kappa shape index (κ2) is 9.38. The lowest BCUT2D eigenvalue weighted by Crippen LogP contribution is -2.42. The van der Waals surface area contributed by atoms with E-state index in [2.05, 4.69) is 26.1 Å². The number of nitrogens with zero attached hydrogens (tertiary/aromatic N) is 2. The van der Waals surface area contributed by atoms with Crippen LogP contribution in [0.5, 0.6) is 0 Å². The summed E-state index contributed by atoms with van der Waals surface area (Å²) in [5.41, 5.74) is 1.78. The summed E-state index contributed by atoms with van der Waals surface area (Å²) in [6, 6.07) is 13.0. The molecule has 2 aromatic carbocycles. The fraction of sp³-hybridized carbons (Fsp3) is 0.435. The average molecular weight is 460 g/mol. The molecule has 2 aromatic rings. The molecule has 0 spiro atoms. The van der Waals surface area contributed by atoms with E-state index < -0.39 is 14.9 Å². The molecule has 1 heterocycles. The first-order valence-corrected chi connectivity index (χ1v) is 12.0. The summed E-state index contributed by atoms with van der Waals surface area (Å²) in [6.07, 6.45) is 0.900. The summed E-state index contributed by atoms with van der Waals surface area (Å²) in [7, 11) is -3.59. The lowest BCUT2D eigenvalue weighted by Gasteiger charge is -2.30. The third-order valence-corrected chi connectivity index (χ3v) is 7.71. The van der Waals surface area contributed by atoms with Crippen LogP contribution in [0.1, 0.15) is 44.7 Å². The van der Waals surface area contributed by atoms with Crippen molar-refractivity contribution in [3.8, 4) is 0 Å². The molecule has 1 fully saturated rings. The van der Waals surface area contributed by atoms with E-state index >= 15 is 0 Å². The van der Waals surface area contributed by atoms with Crippen LogP contribution in [0.2, 0.25) is 0 Å². The highest BCUT2D eigenvalue weighted by Gasteiger charge is 2.32. The predicted molar refractivity (Wildman–Crippen MR) is 122 cm³/mol. The maximum atomic E-state index is 13.0. The molecule has 8 nitrogen and oxygen atoms in total. The molecule has 1 N–H and O–H groups in total. The van der Waals surface area contributed by atoms with Gasteiger partial charge in [-0.3, -0.25) is 14.9 Å². The van der Waals surface area contributed by atoms with Crippen molar-refractivity contribution >= 4 is 21.6 Å². The van der Waals surface area contributed by atoms with E-state index in [0.717, 1.165) is 11.1 Å². The summed E-state index contributed by atoms with van der Waals surface area (Å²) in [5.74, 6) is -0.391. The zero-order valence-corrected chi connectivity index (χ0v) is 19.4.